The number of aliphatic carboxylic acids is 2. The van der Waals surface area contributed by atoms with E-state index < -0.39 is 29.2 Å². The van der Waals surface area contributed by atoms with Gasteiger partial charge in [-0.1, -0.05) is 42.0 Å². The van der Waals surface area contributed by atoms with Crippen molar-refractivity contribution in [3.8, 4) is 0 Å². The van der Waals surface area contributed by atoms with Crippen molar-refractivity contribution in [2.75, 3.05) is 119 Å². The Kier molecular flexibility index (Phi) is 46.3. The standard InChI is InChI=1S/C25H43NO10.C24H41NO10.CH4/c1-19(27)16-20(24(31)32)7-8-23(30)26-9-11-34-13-14-35-17-21(28)6-5-10-33-12-15-36-18-22(29)25(2,3)4;1-18(2)22(28)17-35-14-11-32-9-4-5-21(27)16-34-13-12-33-10-8-25-23(29)7-6-20(24(30)31)15-19(3)26;/h20H,5-18H2,1-4H3,(H,26,30)(H,31,32);18,20H,4-17H2,1-3H3,(H,25,29)(H,30,31);1H4/t2*20-;/m11./s1. The first-order valence-corrected chi connectivity index (χ1v) is 24.3. The fourth-order valence-corrected chi connectivity index (χ4v) is 5.49. The Hall–Kier alpha value is -4.42. The summed E-state index contributed by atoms with van der Waals surface area (Å²) in [5.74, 6) is -4.95. The summed E-state index contributed by atoms with van der Waals surface area (Å²) in [6.45, 7) is 16.3. The van der Waals surface area contributed by atoms with E-state index in [4.69, 9.17) is 48.1 Å². The molecule has 0 aliphatic heterocycles. The summed E-state index contributed by atoms with van der Waals surface area (Å²) >= 11 is 0. The van der Waals surface area contributed by atoms with Crippen molar-refractivity contribution in [1.29, 1.82) is 0 Å². The Labute approximate surface area is 426 Å². The van der Waals surface area contributed by atoms with Gasteiger partial charge in [-0.3, -0.25) is 38.4 Å². The molecule has 0 bridgehead atoms. The molecular formula is C50H88N2O20. The lowest BCUT2D eigenvalue weighted by Gasteiger charge is -2.16. The minimum Gasteiger partial charge on any atom is -0.481 e. The Morgan fingerprint density at radius 1 is 0.458 bits per heavy atom. The quantitative estimate of drug-likeness (QED) is 0.0635. The van der Waals surface area contributed by atoms with Gasteiger partial charge in [0, 0.05) is 76.2 Å². The topological polar surface area (TPSA) is 309 Å². The maximum atomic E-state index is 11.8. The number of ketones is 6. The molecule has 22 nitrogen and oxygen atoms in total. The molecule has 0 aromatic heterocycles. The summed E-state index contributed by atoms with van der Waals surface area (Å²) in [4.78, 5) is 114. The maximum Gasteiger partial charge on any atom is 0.306 e. The molecular weight excluding hydrogens is 949 g/mol. The number of amides is 2. The predicted molar refractivity (Wildman–Crippen MR) is 263 cm³/mol. The number of carbonyl (C=O) groups is 10. The molecule has 0 unspecified atom stereocenters. The van der Waals surface area contributed by atoms with Gasteiger partial charge in [0.05, 0.1) is 77.9 Å². The number of carboxylic acids is 2. The Morgan fingerprint density at radius 3 is 1.12 bits per heavy atom. The molecule has 2 atom stereocenters. The molecule has 418 valence electrons. The van der Waals surface area contributed by atoms with E-state index in [0.29, 0.717) is 65.3 Å². The van der Waals surface area contributed by atoms with Crippen LogP contribution in [-0.4, -0.2) is 187 Å². The lowest BCUT2D eigenvalue weighted by Crippen LogP contribution is -2.29. The number of ether oxygens (including phenoxy) is 8. The first kappa shape index (κ1) is 71.8. The molecule has 0 aliphatic carbocycles. The van der Waals surface area contributed by atoms with Gasteiger partial charge in [0.2, 0.25) is 11.8 Å². The lowest BCUT2D eigenvalue weighted by atomic mass is 9.91. The number of rotatable bonds is 47. The monoisotopic (exact) mass is 1040 g/mol. The van der Waals surface area contributed by atoms with Crippen molar-refractivity contribution >= 4 is 58.5 Å². The summed E-state index contributed by atoms with van der Waals surface area (Å²) in [5, 5.41) is 23.3. The van der Waals surface area contributed by atoms with Gasteiger partial charge in [-0.2, -0.15) is 0 Å². The largest absolute Gasteiger partial charge is 0.481 e. The smallest absolute Gasteiger partial charge is 0.306 e. The predicted octanol–water partition coefficient (Wildman–Crippen LogP) is 3.43. The molecule has 0 heterocycles. The van der Waals surface area contributed by atoms with Gasteiger partial charge in [-0.05, 0) is 39.5 Å². The van der Waals surface area contributed by atoms with Crippen LogP contribution in [-0.2, 0) is 85.8 Å². The third-order valence-corrected chi connectivity index (χ3v) is 9.80. The van der Waals surface area contributed by atoms with Crippen LogP contribution in [0.3, 0.4) is 0 Å². The number of hydrogen-bond acceptors (Lipinski definition) is 18. The third kappa shape index (κ3) is 47.9. The SMILES string of the molecule is C.CC(=O)C[C@@H](CCC(=O)NCCOCCOCC(=O)CCCOCCOCC(=O)C(C)(C)C)C(=O)O.CC(=O)C[C@@H](CCC(=O)NCCOCCOCC(=O)CCCOCCOCC(=O)C(C)C)C(=O)O. The average molecular weight is 1040 g/mol. The van der Waals surface area contributed by atoms with Gasteiger partial charge in [0.1, 0.15) is 38.0 Å². The summed E-state index contributed by atoms with van der Waals surface area (Å²) in [5.41, 5.74) is -0.415. The van der Waals surface area contributed by atoms with Crippen LogP contribution in [0.5, 0.6) is 0 Å². The summed E-state index contributed by atoms with van der Waals surface area (Å²) < 4.78 is 42.4. The van der Waals surface area contributed by atoms with E-state index in [9.17, 15) is 47.9 Å². The number of Topliss-reactive ketones (excluding diaryl/α,β-unsaturated/α-hetero) is 6. The summed E-state index contributed by atoms with van der Waals surface area (Å²) in [6.07, 6.45) is 1.90. The van der Waals surface area contributed by atoms with Crippen molar-refractivity contribution in [3.05, 3.63) is 0 Å². The van der Waals surface area contributed by atoms with Crippen LogP contribution in [0, 0.1) is 23.2 Å². The first-order chi connectivity index (χ1) is 33.6. The highest BCUT2D eigenvalue weighted by Gasteiger charge is 2.22. The van der Waals surface area contributed by atoms with E-state index >= 15 is 0 Å². The lowest BCUT2D eigenvalue weighted by molar-refractivity contribution is -0.144. The van der Waals surface area contributed by atoms with Crippen molar-refractivity contribution in [3.63, 3.8) is 0 Å². The zero-order chi connectivity index (χ0) is 53.9. The van der Waals surface area contributed by atoms with Crippen LogP contribution in [0.2, 0.25) is 0 Å². The van der Waals surface area contributed by atoms with Crippen LogP contribution in [0.1, 0.15) is 120 Å². The molecule has 0 spiro atoms. The van der Waals surface area contributed by atoms with Crippen molar-refractivity contribution in [2.45, 2.75) is 120 Å². The highest BCUT2D eigenvalue weighted by atomic mass is 16.5. The number of carbonyl (C=O) groups excluding carboxylic acids is 8. The Morgan fingerprint density at radius 2 is 0.792 bits per heavy atom. The third-order valence-electron chi connectivity index (χ3n) is 9.80. The number of nitrogens with one attached hydrogen (secondary N) is 2. The molecule has 0 aromatic carbocycles. The van der Waals surface area contributed by atoms with Gasteiger partial charge in [-0.15, -0.1) is 0 Å². The summed E-state index contributed by atoms with van der Waals surface area (Å²) in [6, 6.07) is 0. The van der Waals surface area contributed by atoms with Crippen LogP contribution >= 0.6 is 0 Å². The normalized spacial score (nSPS) is 11.9. The fraction of sp³-hybridized carbons (Fsp3) is 0.800. The van der Waals surface area contributed by atoms with Crippen molar-refractivity contribution in [1.82, 2.24) is 10.6 Å². The van der Waals surface area contributed by atoms with E-state index in [1.165, 1.54) is 13.8 Å². The zero-order valence-corrected chi connectivity index (χ0v) is 43.3. The second-order valence-corrected chi connectivity index (χ2v) is 17.9. The summed E-state index contributed by atoms with van der Waals surface area (Å²) in [7, 11) is 0. The van der Waals surface area contributed by atoms with Gasteiger partial charge in [0.25, 0.3) is 0 Å². The van der Waals surface area contributed by atoms with Crippen molar-refractivity contribution < 1.29 is 96.1 Å². The second kappa shape index (κ2) is 46.4. The molecule has 4 N–H and O–H groups in total. The van der Waals surface area contributed by atoms with Crippen LogP contribution in [0.4, 0.5) is 0 Å². The van der Waals surface area contributed by atoms with Crippen LogP contribution in [0.25, 0.3) is 0 Å². The molecule has 0 radical (unpaired) electrons. The van der Waals surface area contributed by atoms with E-state index in [-0.39, 0.29) is 178 Å². The maximum absolute atomic E-state index is 11.8. The molecule has 2 amide bonds. The molecule has 72 heavy (non-hydrogen) atoms. The van der Waals surface area contributed by atoms with Gasteiger partial charge < -0.3 is 68.3 Å². The van der Waals surface area contributed by atoms with Crippen molar-refractivity contribution in [2.24, 2.45) is 23.2 Å². The average Bonchev–Trinajstić information content (AvgIpc) is 3.29. The van der Waals surface area contributed by atoms with Crippen LogP contribution in [0.15, 0.2) is 0 Å². The second-order valence-electron chi connectivity index (χ2n) is 17.9. The molecule has 0 saturated carbocycles. The fourth-order valence-electron chi connectivity index (χ4n) is 5.49. The van der Waals surface area contributed by atoms with Crippen LogP contribution < -0.4 is 10.6 Å². The van der Waals surface area contributed by atoms with Gasteiger partial charge >= 0.3 is 11.9 Å². The molecule has 0 aromatic rings. The molecule has 0 saturated heterocycles. The molecule has 0 rings (SSSR count). The minimum atomic E-state index is -1.08. The van der Waals surface area contributed by atoms with E-state index in [1.54, 1.807) is 0 Å². The molecule has 0 fully saturated rings. The zero-order valence-electron chi connectivity index (χ0n) is 43.3. The van der Waals surface area contributed by atoms with E-state index in [2.05, 4.69) is 10.6 Å². The van der Waals surface area contributed by atoms with Gasteiger partial charge in [0.15, 0.2) is 23.1 Å². The molecule has 22 heteroatoms. The van der Waals surface area contributed by atoms with E-state index in [1.807, 2.05) is 34.6 Å². The first-order valence-electron chi connectivity index (χ1n) is 24.3. The highest BCUT2D eigenvalue weighted by Crippen LogP contribution is 2.15. The van der Waals surface area contributed by atoms with E-state index in [0.717, 1.165) is 0 Å². The van der Waals surface area contributed by atoms with Gasteiger partial charge in [-0.25, -0.2) is 0 Å². The highest BCUT2D eigenvalue weighted by molar-refractivity contribution is 5.85. The Balaban J connectivity index is -0.00000130. The number of hydrogen-bond donors (Lipinski definition) is 4. The number of carboxylic acid groups (broad SMARTS) is 2. The molecule has 0 aliphatic rings. The minimum absolute atomic E-state index is 0. The Bertz CT molecular complexity index is 1560.